The van der Waals surface area contributed by atoms with Gasteiger partial charge in [0.1, 0.15) is 22.8 Å². The van der Waals surface area contributed by atoms with E-state index in [4.69, 9.17) is 9.72 Å². The Morgan fingerprint density at radius 2 is 2.00 bits per heavy atom. The average molecular weight is 602 g/mol. The minimum Gasteiger partial charge on any atom is -0.482 e. The normalized spacial score (nSPS) is 17.4. The summed E-state index contributed by atoms with van der Waals surface area (Å²) in [5, 5.41) is 7.03. The number of nitrogens with zero attached hydrogens (tertiary/aromatic N) is 5. The molecule has 0 spiro atoms. The maximum absolute atomic E-state index is 13.8. The number of hydrogen-bond donors (Lipinski definition) is 2. The number of pyridine rings is 2. The maximum atomic E-state index is 13.8. The van der Waals surface area contributed by atoms with E-state index >= 15 is 0 Å². The van der Waals surface area contributed by atoms with Crippen molar-refractivity contribution >= 4 is 38.4 Å². The molecule has 0 aromatic carbocycles. The van der Waals surface area contributed by atoms with Crippen molar-refractivity contribution < 1.29 is 26.7 Å². The second-order valence-electron chi connectivity index (χ2n) is 11.0. The minimum atomic E-state index is -4.26. The van der Waals surface area contributed by atoms with Gasteiger partial charge in [0.05, 0.1) is 24.8 Å². The van der Waals surface area contributed by atoms with Crippen LogP contribution in [0.4, 0.5) is 14.6 Å². The predicted molar refractivity (Wildman–Crippen MR) is 155 cm³/mol. The van der Waals surface area contributed by atoms with Crippen LogP contribution >= 0.6 is 0 Å². The van der Waals surface area contributed by atoms with Gasteiger partial charge in [-0.1, -0.05) is 0 Å². The van der Waals surface area contributed by atoms with Gasteiger partial charge in [0.25, 0.3) is 5.91 Å². The summed E-state index contributed by atoms with van der Waals surface area (Å²) < 4.78 is 61.3. The third-order valence-corrected chi connectivity index (χ3v) is 8.99. The molecule has 0 bridgehead atoms. The molecule has 5 heterocycles. The standard InChI is InChI=1S/C28H33F2N7O4S/c1-16-25(33-23-12-19(13-24(41-2)36(16)23)27(38)32-14-20-5-4-10-31-20)21-11-18-8-9-22(37(28(29)30)42(3,39)40)34-26(18)35(21)15-17-6-7-17/h8-9,11-13,17,20,28,31H,4-7,10,14-15H2,1-3H3,(H,32,38)/t20-/m1/s1. The first-order valence-electron chi connectivity index (χ1n) is 13.9. The number of halogens is 2. The number of carbonyl (C=O) groups is 1. The largest absolute Gasteiger partial charge is 0.482 e. The van der Waals surface area contributed by atoms with Crippen molar-refractivity contribution in [3.63, 3.8) is 0 Å². The second-order valence-corrected chi connectivity index (χ2v) is 12.9. The number of aryl methyl sites for hydroxylation is 1. The molecule has 1 atom stereocenters. The molecule has 11 nitrogen and oxygen atoms in total. The third-order valence-electron chi connectivity index (χ3n) is 7.93. The summed E-state index contributed by atoms with van der Waals surface area (Å²) in [5.41, 5.74) is 3.43. The van der Waals surface area contributed by atoms with E-state index in [1.165, 1.54) is 13.2 Å². The molecule has 2 fully saturated rings. The SMILES string of the molecule is COc1cc(C(=O)NC[C@H]2CCCN2)cc2nc(-c3cc4ccc(N(C(F)F)S(C)(=O)=O)nc4n3CC3CC3)c(C)n12. The number of amides is 1. The Balaban J connectivity index is 1.44. The lowest BCUT2D eigenvalue weighted by atomic mass is 10.2. The zero-order valence-electron chi connectivity index (χ0n) is 23.6. The lowest BCUT2D eigenvalue weighted by molar-refractivity contribution is 0.0949. The van der Waals surface area contributed by atoms with Crippen LogP contribution < -0.4 is 19.7 Å². The number of alkyl halides is 2. The summed E-state index contributed by atoms with van der Waals surface area (Å²) in [6, 6.07) is 8.41. The number of imidazole rings is 1. The number of aromatic nitrogens is 4. The van der Waals surface area contributed by atoms with Crippen LogP contribution in [0.25, 0.3) is 28.1 Å². The molecule has 2 N–H and O–H groups in total. The molecule has 2 aliphatic rings. The fourth-order valence-electron chi connectivity index (χ4n) is 5.64. The number of ether oxygens (including phenoxy) is 1. The van der Waals surface area contributed by atoms with Gasteiger partial charge in [-0.15, -0.1) is 0 Å². The molecule has 1 aliphatic heterocycles. The van der Waals surface area contributed by atoms with Gasteiger partial charge in [-0.25, -0.2) is 18.4 Å². The molecule has 42 heavy (non-hydrogen) atoms. The molecule has 1 amide bonds. The van der Waals surface area contributed by atoms with Crippen LogP contribution in [-0.4, -0.2) is 72.3 Å². The van der Waals surface area contributed by atoms with Gasteiger partial charge in [-0.3, -0.25) is 9.20 Å². The van der Waals surface area contributed by atoms with Crippen LogP contribution in [0.3, 0.4) is 0 Å². The average Bonchev–Trinajstić information content (AvgIpc) is 3.32. The molecule has 14 heteroatoms. The van der Waals surface area contributed by atoms with Crippen LogP contribution in [0, 0.1) is 12.8 Å². The number of hydrogen-bond acceptors (Lipinski definition) is 7. The number of sulfonamides is 1. The Kier molecular flexibility index (Phi) is 7.29. The highest BCUT2D eigenvalue weighted by Gasteiger charge is 2.30. The van der Waals surface area contributed by atoms with Crippen LogP contribution in [0.1, 0.15) is 41.7 Å². The van der Waals surface area contributed by atoms with Crippen molar-refractivity contribution in [2.45, 2.75) is 51.7 Å². The molecule has 0 radical (unpaired) electrons. The topological polar surface area (TPSA) is 123 Å². The van der Waals surface area contributed by atoms with Crippen molar-refractivity contribution in [3.05, 3.63) is 41.6 Å². The first-order valence-corrected chi connectivity index (χ1v) is 15.8. The zero-order valence-corrected chi connectivity index (χ0v) is 24.4. The number of rotatable bonds is 10. The number of carbonyl (C=O) groups excluding carboxylic acids is 1. The molecule has 0 unspecified atom stereocenters. The Bertz CT molecular complexity index is 1780. The third kappa shape index (κ3) is 5.28. The summed E-state index contributed by atoms with van der Waals surface area (Å²) in [7, 11) is -2.73. The van der Waals surface area contributed by atoms with Crippen LogP contribution in [-0.2, 0) is 16.6 Å². The number of fused-ring (bicyclic) bond motifs is 2. The first kappa shape index (κ1) is 28.3. The Labute approximate surface area is 241 Å². The van der Waals surface area contributed by atoms with Gasteiger partial charge in [0.2, 0.25) is 10.0 Å². The number of methoxy groups -OCH3 is 1. The highest BCUT2D eigenvalue weighted by molar-refractivity contribution is 7.92. The first-order chi connectivity index (χ1) is 20.0. The Morgan fingerprint density at radius 3 is 2.64 bits per heavy atom. The molecule has 4 aromatic rings. The van der Waals surface area contributed by atoms with Crippen molar-refractivity contribution in [1.82, 2.24) is 29.6 Å². The highest BCUT2D eigenvalue weighted by atomic mass is 32.2. The summed E-state index contributed by atoms with van der Waals surface area (Å²) >= 11 is 0. The lowest BCUT2D eigenvalue weighted by Gasteiger charge is -2.20. The molecule has 1 aliphatic carbocycles. The molecular formula is C28H33F2N7O4S. The van der Waals surface area contributed by atoms with Gasteiger partial charge in [-0.2, -0.15) is 13.1 Å². The van der Waals surface area contributed by atoms with E-state index in [-0.39, 0.29) is 22.1 Å². The maximum Gasteiger partial charge on any atom is 0.329 e. The van der Waals surface area contributed by atoms with Gasteiger partial charge in [0.15, 0.2) is 5.88 Å². The fourth-order valence-corrected chi connectivity index (χ4v) is 6.37. The van der Waals surface area contributed by atoms with Crippen LogP contribution in [0.15, 0.2) is 30.3 Å². The van der Waals surface area contributed by atoms with Gasteiger partial charge in [0, 0.05) is 36.1 Å². The molecular weight excluding hydrogens is 568 g/mol. The van der Waals surface area contributed by atoms with E-state index in [2.05, 4.69) is 15.6 Å². The van der Waals surface area contributed by atoms with E-state index in [0.29, 0.717) is 58.5 Å². The summed E-state index contributed by atoms with van der Waals surface area (Å²) in [6.07, 6.45) is 4.89. The van der Waals surface area contributed by atoms with Crippen molar-refractivity contribution in [3.8, 4) is 17.3 Å². The van der Waals surface area contributed by atoms with Gasteiger partial charge < -0.3 is 19.9 Å². The quantitative estimate of drug-likeness (QED) is 0.267. The molecule has 1 saturated carbocycles. The van der Waals surface area contributed by atoms with Gasteiger partial charge >= 0.3 is 6.55 Å². The summed E-state index contributed by atoms with van der Waals surface area (Å²) in [5.74, 6) is 0.264. The van der Waals surface area contributed by atoms with Crippen LogP contribution in [0.5, 0.6) is 5.88 Å². The second kappa shape index (κ2) is 10.8. The van der Waals surface area contributed by atoms with E-state index in [0.717, 1.165) is 44.2 Å². The Hall–Kier alpha value is -3.78. The molecule has 4 aromatic heterocycles. The van der Waals surface area contributed by atoms with Crippen molar-refractivity contribution in [1.29, 1.82) is 0 Å². The highest BCUT2D eigenvalue weighted by Crippen LogP contribution is 2.38. The Morgan fingerprint density at radius 1 is 1.21 bits per heavy atom. The van der Waals surface area contributed by atoms with Crippen LogP contribution in [0.2, 0.25) is 0 Å². The fraction of sp³-hybridized carbons (Fsp3) is 0.464. The number of nitrogens with one attached hydrogen (secondary N) is 2. The molecule has 6 rings (SSSR count). The predicted octanol–water partition coefficient (Wildman–Crippen LogP) is 3.55. The van der Waals surface area contributed by atoms with E-state index in [9.17, 15) is 22.0 Å². The van der Waals surface area contributed by atoms with E-state index in [1.54, 1.807) is 18.2 Å². The number of anilines is 1. The molecule has 224 valence electrons. The summed E-state index contributed by atoms with van der Waals surface area (Å²) in [4.78, 5) is 22.3. The van der Waals surface area contributed by atoms with Crippen molar-refractivity contribution in [2.75, 3.05) is 30.8 Å². The minimum absolute atomic E-state index is 0.0248. The smallest absolute Gasteiger partial charge is 0.329 e. The van der Waals surface area contributed by atoms with Crippen molar-refractivity contribution in [2.24, 2.45) is 5.92 Å². The summed E-state index contributed by atoms with van der Waals surface area (Å²) in [6.45, 7) is 0.682. The molecule has 1 saturated heterocycles. The van der Waals surface area contributed by atoms with E-state index in [1.807, 2.05) is 22.0 Å². The monoisotopic (exact) mass is 601 g/mol. The zero-order chi connectivity index (χ0) is 29.8. The van der Waals surface area contributed by atoms with Gasteiger partial charge in [-0.05, 0) is 69.3 Å². The lowest BCUT2D eigenvalue weighted by Crippen LogP contribution is -2.37. The van der Waals surface area contributed by atoms with E-state index < -0.39 is 16.6 Å².